The van der Waals surface area contributed by atoms with E-state index in [0.29, 0.717) is 5.92 Å². The van der Waals surface area contributed by atoms with Gasteiger partial charge in [-0.2, -0.15) is 0 Å². The van der Waals surface area contributed by atoms with Crippen LogP contribution >= 0.6 is 0 Å². The number of nitrogens with zero attached hydrogens (tertiary/aromatic N) is 2. The lowest BCUT2D eigenvalue weighted by molar-refractivity contribution is 0.0670. The third kappa shape index (κ3) is 3.50. The molecule has 0 saturated carbocycles. The summed E-state index contributed by atoms with van der Waals surface area (Å²) in [4.78, 5) is 22.9. The zero-order valence-corrected chi connectivity index (χ0v) is 15.2. The number of fused-ring (bicyclic) bond motifs is 1. The van der Waals surface area contributed by atoms with Gasteiger partial charge in [-0.15, -0.1) is 0 Å². The molecule has 134 valence electrons. The van der Waals surface area contributed by atoms with Crippen molar-refractivity contribution in [1.29, 1.82) is 0 Å². The number of carbonyl (C=O) groups excluding carboxylic acids is 1. The zero-order valence-electron chi connectivity index (χ0n) is 15.2. The molecule has 1 aliphatic rings. The quantitative estimate of drug-likeness (QED) is 0.762. The van der Waals surface area contributed by atoms with Gasteiger partial charge in [-0.1, -0.05) is 36.4 Å². The second kappa shape index (κ2) is 7.32. The second-order valence-corrected chi connectivity index (χ2v) is 7.31. The second-order valence-electron chi connectivity index (χ2n) is 7.31. The van der Waals surface area contributed by atoms with Crippen molar-refractivity contribution in [2.75, 3.05) is 13.1 Å². The molecule has 2 heterocycles. The predicted octanol–water partition coefficient (Wildman–Crippen LogP) is 4.36. The number of H-pyrrole nitrogens is 1. The van der Waals surface area contributed by atoms with Crippen molar-refractivity contribution in [3.8, 4) is 0 Å². The number of hydrogen-bond donors (Lipinski definition) is 1. The summed E-state index contributed by atoms with van der Waals surface area (Å²) in [7, 11) is 0. The lowest BCUT2D eigenvalue weighted by Crippen LogP contribution is -2.40. The Morgan fingerprint density at radius 1 is 1.19 bits per heavy atom. The number of amides is 1. The summed E-state index contributed by atoms with van der Waals surface area (Å²) in [6, 6.07) is 16.4. The van der Waals surface area contributed by atoms with Gasteiger partial charge in [0.25, 0.3) is 5.91 Å². The minimum Gasteiger partial charge on any atom is -0.342 e. The first-order chi connectivity index (χ1) is 12.7. The molecule has 0 bridgehead atoms. The highest BCUT2D eigenvalue weighted by Gasteiger charge is 2.26. The van der Waals surface area contributed by atoms with Gasteiger partial charge >= 0.3 is 0 Å². The number of aryl methyl sites for hydroxylation is 2. The fourth-order valence-electron chi connectivity index (χ4n) is 4.00. The lowest BCUT2D eigenvalue weighted by Gasteiger charge is -2.33. The van der Waals surface area contributed by atoms with Gasteiger partial charge in [0, 0.05) is 13.1 Å². The number of benzene rings is 2. The maximum atomic E-state index is 13.1. The van der Waals surface area contributed by atoms with Crippen molar-refractivity contribution in [3.05, 3.63) is 65.5 Å². The summed E-state index contributed by atoms with van der Waals surface area (Å²) in [5, 5.41) is 0. The number of imidazole rings is 1. The minimum absolute atomic E-state index is 0.117. The monoisotopic (exact) mass is 347 g/mol. The Balaban J connectivity index is 1.46. The molecule has 4 heteroatoms. The topological polar surface area (TPSA) is 49.0 Å². The molecule has 1 atom stereocenters. The van der Waals surface area contributed by atoms with Crippen molar-refractivity contribution in [1.82, 2.24) is 14.9 Å². The van der Waals surface area contributed by atoms with Gasteiger partial charge in [-0.3, -0.25) is 4.79 Å². The molecule has 1 N–H and O–H groups in total. The first kappa shape index (κ1) is 16.8. The molecule has 3 aromatic rings. The summed E-state index contributed by atoms with van der Waals surface area (Å²) in [5.74, 6) is 1.54. The summed E-state index contributed by atoms with van der Waals surface area (Å²) in [6.45, 7) is 3.63. The van der Waals surface area contributed by atoms with Crippen molar-refractivity contribution in [3.63, 3.8) is 0 Å². The SMILES string of the molecule is Cc1nc2c(C(=O)N3CCC[C@H](CCc4ccccc4)C3)cccc2[nH]1. The number of piperidine rings is 1. The predicted molar refractivity (Wildman–Crippen MR) is 104 cm³/mol. The van der Waals surface area contributed by atoms with Crippen molar-refractivity contribution in [2.24, 2.45) is 5.92 Å². The third-order valence-corrected chi connectivity index (χ3v) is 5.35. The van der Waals surface area contributed by atoms with Crippen LogP contribution < -0.4 is 0 Å². The summed E-state index contributed by atoms with van der Waals surface area (Å²) in [6.07, 6.45) is 4.52. The molecule has 0 aliphatic carbocycles. The first-order valence-corrected chi connectivity index (χ1v) is 9.49. The van der Waals surface area contributed by atoms with Crippen molar-refractivity contribution < 1.29 is 4.79 Å². The van der Waals surface area contributed by atoms with E-state index in [1.807, 2.05) is 30.0 Å². The Bertz CT molecular complexity index is 900. The maximum Gasteiger partial charge on any atom is 0.256 e. The van der Waals surface area contributed by atoms with E-state index in [1.165, 1.54) is 12.0 Å². The molecular formula is C22H25N3O. The molecule has 0 radical (unpaired) electrons. The Labute approximate surface area is 154 Å². The molecule has 2 aromatic carbocycles. The molecule has 0 unspecified atom stereocenters. The maximum absolute atomic E-state index is 13.1. The van der Waals surface area contributed by atoms with Gasteiger partial charge < -0.3 is 9.88 Å². The normalized spacial score (nSPS) is 17.6. The van der Waals surface area contributed by atoms with Gasteiger partial charge in [0.2, 0.25) is 0 Å². The van der Waals surface area contributed by atoms with E-state index < -0.39 is 0 Å². The molecule has 1 aliphatic heterocycles. The number of hydrogen-bond acceptors (Lipinski definition) is 2. The molecule has 0 spiro atoms. The van der Waals surface area contributed by atoms with E-state index in [9.17, 15) is 4.79 Å². The highest BCUT2D eigenvalue weighted by atomic mass is 16.2. The van der Waals surface area contributed by atoms with Crippen LogP contribution in [0.15, 0.2) is 48.5 Å². The summed E-state index contributed by atoms with van der Waals surface area (Å²) in [5.41, 5.74) is 3.83. The van der Waals surface area contributed by atoms with Crippen LogP contribution in [0.1, 0.15) is 41.0 Å². The Morgan fingerprint density at radius 3 is 2.88 bits per heavy atom. The largest absolute Gasteiger partial charge is 0.342 e. The van der Waals surface area contributed by atoms with E-state index in [4.69, 9.17) is 0 Å². The molecule has 4 rings (SSSR count). The average Bonchev–Trinajstić information content (AvgIpc) is 3.07. The number of aromatic nitrogens is 2. The average molecular weight is 347 g/mol. The molecule has 1 aromatic heterocycles. The molecule has 26 heavy (non-hydrogen) atoms. The lowest BCUT2D eigenvalue weighted by atomic mass is 9.91. The van der Waals surface area contributed by atoms with Gasteiger partial charge in [-0.05, 0) is 56.2 Å². The van der Waals surface area contributed by atoms with Crippen LogP contribution in [0, 0.1) is 12.8 Å². The van der Waals surface area contributed by atoms with Crippen LogP contribution in [0.2, 0.25) is 0 Å². The molecule has 1 amide bonds. The van der Waals surface area contributed by atoms with Crippen LogP contribution in [-0.4, -0.2) is 33.9 Å². The minimum atomic E-state index is 0.117. The first-order valence-electron chi connectivity index (χ1n) is 9.49. The highest BCUT2D eigenvalue weighted by molar-refractivity contribution is 6.04. The van der Waals surface area contributed by atoms with Crippen LogP contribution in [0.3, 0.4) is 0 Å². The van der Waals surface area contributed by atoms with Crippen LogP contribution in [0.25, 0.3) is 11.0 Å². The van der Waals surface area contributed by atoms with E-state index in [2.05, 4.69) is 40.3 Å². The fourth-order valence-corrected chi connectivity index (χ4v) is 4.00. The Hall–Kier alpha value is -2.62. The molecule has 4 nitrogen and oxygen atoms in total. The van der Waals surface area contributed by atoms with Crippen molar-refractivity contribution in [2.45, 2.75) is 32.6 Å². The number of aromatic amines is 1. The Kier molecular flexibility index (Phi) is 4.74. The number of rotatable bonds is 4. The van der Waals surface area contributed by atoms with E-state index in [1.54, 1.807) is 0 Å². The van der Waals surface area contributed by atoms with Gasteiger partial charge in [0.05, 0.1) is 11.1 Å². The van der Waals surface area contributed by atoms with E-state index >= 15 is 0 Å². The van der Waals surface area contributed by atoms with Crippen LogP contribution in [0.5, 0.6) is 0 Å². The third-order valence-electron chi connectivity index (χ3n) is 5.35. The van der Waals surface area contributed by atoms with Gasteiger partial charge in [-0.25, -0.2) is 4.98 Å². The van der Waals surface area contributed by atoms with Crippen LogP contribution in [-0.2, 0) is 6.42 Å². The summed E-state index contributed by atoms with van der Waals surface area (Å²) >= 11 is 0. The number of para-hydroxylation sites is 1. The van der Waals surface area contributed by atoms with Gasteiger partial charge in [0.1, 0.15) is 11.3 Å². The fraction of sp³-hybridized carbons (Fsp3) is 0.364. The molecule has 1 saturated heterocycles. The molecule has 1 fully saturated rings. The Morgan fingerprint density at radius 2 is 2.04 bits per heavy atom. The number of carbonyl (C=O) groups is 1. The van der Waals surface area contributed by atoms with Gasteiger partial charge in [0.15, 0.2) is 0 Å². The van der Waals surface area contributed by atoms with E-state index in [-0.39, 0.29) is 5.91 Å². The standard InChI is InChI=1S/C22H25N3O/c1-16-23-20-11-5-10-19(21(20)24-16)22(26)25-14-6-9-18(15-25)13-12-17-7-3-2-4-8-17/h2-5,7-8,10-11,18H,6,9,12-15H2,1H3,(H,23,24)/t18-/m1/s1. The molecular weight excluding hydrogens is 322 g/mol. The smallest absolute Gasteiger partial charge is 0.256 e. The van der Waals surface area contributed by atoms with Crippen LogP contribution in [0.4, 0.5) is 0 Å². The zero-order chi connectivity index (χ0) is 17.9. The van der Waals surface area contributed by atoms with E-state index in [0.717, 1.165) is 54.8 Å². The number of nitrogens with one attached hydrogen (secondary N) is 1. The number of likely N-dealkylation sites (tertiary alicyclic amines) is 1. The highest BCUT2D eigenvalue weighted by Crippen LogP contribution is 2.25. The summed E-state index contributed by atoms with van der Waals surface area (Å²) < 4.78 is 0. The van der Waals surface area contributed by atoms with Crippen molar-refractivity contribution >= 4 is 16.9 Å².